The SMILES string of the molecule is COc1cc2nc(C(C)N)n(Cc3ccc([N+](=O)[O-])cc3)c2cc1OC. The van der Waals surface area contributed by atoms with Crippen LogP contribution in [-0.4, -0.2) is 28.7 Å². The van der Waals surface area contributed by atoms with Gasteiger partial charge in [-0.2, -0.15) is 0 Å². The lowest BCUT2D eigenvalue weighted by Crippen LogP contribution is -2.14. The normalized spacial score (nSPS) is 12.2. The Hall–Kier alpha value is -3.13. The molecular weight excluding hydrogens is 336 g/mol. The molecule has 1 aromatic heterocycles. The van der Waals surface area contributed by atoms with Gasteiger partial charge in [-0.25, -0.2) is 4.98 Å². The van der Waals surface area contributed by atoms with Gasteiger partial charge in [0.25, 0.3) is 5.69 Å². The van der Waals surface area contributed by atoms with Gasteiger partial charge in [-0.15, -0.1) is 0 Å². The third kappa shape index (κ3) is 3.18. The van der Waals surface area contributed by atoms with Crippen molar-refractivity contribution in [1.82, 2.24) is 9.55 Å². The number of ether oxygens (including phenoxy) is 2. The lowest BCUT2D eigenvalue weighted by Gasteiger charge is -2.12. The Kier molecular flexibility index (Phi) is 4.77. The molecule has 3 aromatic rings. The Bertz CT molecular complexity index is 948. The molecule has 0 fully saturated rings. The van der Waals surface area contributed by atoms with E-state index in [4.69, 9.17) is 15.2 Å². The van der Waals surface area contributed by atoms with Crippen LogP contribution in [0.25, 0.3) is 11.0 Å². The summed E-state index contributed by atoms with van der Waals surface area (Å²) in [5, 5.41) is 10.8. The second-order valence-corrected chi connectivity index (χ2v) is 5.96. The second-order valence-electron chi connectivity index (χ2n) is 5.96. The van der Waals surface area contributed by atoms with Crippen molar-refractivity contribution in [3.05, 3.63) is 57.9 Å². The molecule has 2 N–H and O–H groups in total. The van der Waals surface area contributed by atoms with Crippen molar-refractivity contribution in [2.24, 2.45) is 5.73 Å². The molecule has 3 rings (SSSR count). The van der Waals surface area contributed by atoms with Crippen LogP contribution in [0.5, 0.6) is 11.5 Å². The Morgan fingerprint density at radius 2 is 1.81 bits per heavy atom. The van der Waals surface area contributed by atoms with Gasteiger partial charge in [0, 0.05) is 30.8 Å². The Labute approximate surface area is 150 Å². The molecule has 0 amide bonds. The highest BCUT2D eigenvalue weighted by Gasteiger charge is 2.18. The molecule has 0 spiro atoms. The molecule has 0 bridgehead atoms. The molecule has 0 radical (unpaired) electrons. The molecule has 0 saturated carbocycles. The number of nitro benzene ring substituents is 1. The third-order valence-electron chi connectivity index (χ3n) is 4.18. The molecule has 0 saturated heterocycles. The van der Waals surface area contributed by atoms with Crippen LogP contribution in [0, 0.1) is 10.1 Å². The maximum Gasteiger partial charge on any atom is 0.269 e. The van der Waals surface area contributed by atoms with E-state index in [0.29, 0.717) is 23.9 Å². The zero-order valence-electron chi connectivity index (χ0n) is 14.8. The topological polar surface area (TPSA) is 105 Å². The van der Waals surface area contributed by atoms with E-state index in [-0.39, 0.29) is 11.7 Å². The van der Waals surface area contributed by atoms with Gasteiger partial charge in [-0.1, -0.05) is 12.1 Å². The van der Waals surface area contributed by atoms with Crippen LogP contribution in [-0.2, 0) is 6.54 Å². The minimum Gasteiger partial charge on any atom is -0.493 e. The van der Waals surface area contributed by atoms with Crippen LogP contribution in [0.4, 0.5) is 5.69 Å². The largest absolute Gasteiger partial charge is 0.493 e. The third-order valence-corrected chi connectivity index (χ3v) is 4.18. The molecule has 0 aliphatic heterocycles. The fraction of sp³-hybridized carbons (Fsp3) is 0.278. The molecule has 26 heavy (non-hydrogen) atoms. The minimum absolute atomic E-state index is 0.0584. The van der Waals surface area contributed by atoms with E-state index in [1.165, 1.54) is 12.1 Å². The number of fused-ring (bicyclic) bond motifs is 1. The van der Waals surface area contributed by atoms with E-state index in [1.54, 1.807) is 26.4 Å². The summed E-state index contributed by atoms with van der Waals surface area (Å²) in [7, 11) is 3.15. The Morgan fingerprint density at radius 3 is 2.35 bits per heavy atom. The molecule has 0 aliphatic rings. The van der Waals surface area contributed by atoms with E-state index in [1.807, 2.05) is 23.6 Å². The highest BCUT2D eigenvalue weighted by atomic mass is 16.6. The van der Waals surface area contributed by atoms with Gasteiger partial charge in [-0.3, -0.25) is 10.1 Å². The van der Waals surface area contributed by atoms with Crippen LogP contribution >= 0.6 is 0 Å². The standard InChI is InChI=1S/C18H20N4O4/c1-11(19)18-20-14-8-16(25-2)17(26-3)9-15(14)21(18)10-12-4-6-13(7-5-12)22(23)24/h4-9,11H,10,19H2,1-3H3. The molecule has 8 heteroatoms. The summed E-state index contributed by atoms with van der Waals surface area (Å²) in [4.78, 5) is 15.0. The Balaban J connectivity index is 2.10. The van der Waals surface area contributed by atoms with Crippen LogP contribution in [0.3, 0.4) is 0 Å². The van der Waals surface area contributed by atoms with E-state index < -0.39 is 4.92 Å². The second kappa shape index (κ2) is 7.01. The highest BCUT2D eigenvalue weighted by molar-refractivity contribution is 5.81. The highest BCUT2D eigenvalue weighted by Crippen LogP contribution is 2.33. The van der Waals surface area contributed by atoms with E-state index >= 15 is 0 Å². The first-order valence-corrected chi connectivity index (χ1v) is 8.05. The molecule has 8 nitrogen and oxygen atoms in total. The van der Waals surface area contributed by atoms with Crippen molar-refractivity contribution in [3.8, 4) is 11.5 Å². The number of hydrogen-bond acceptors (Lipinski definition) is 6. The van der Waals surface area contributed by atoms with Crippen LogP contribution in [0.2, 0.25) is 0 Å². The summed E-state index contributed by atoms with van der Waals surface area (Å²) < 4.78 is 12.7. The monoisotopic (exact) mass is 356 g/mol. The van der Waals surface area contributed by atoms with Gasteiger partial charge in [0.1, 0.15) is 5.82 Å². The van der Waals surface area contributed by atoms with Crippen molar-refractivity contribution in [2.75, 3.05) is 14.2 Å². The van der Waals surface area contributed by atoms with Gasteiger partial charge in [0.15, 0.2) is 11.5 Å². The van der Waals surface area contributed by atoms with Crippen molar-refractivity contribution >= 4 is 16.7 Å². The number of nitrogens with zero attached hydrogens (tertiary/aromatic N) is 3. The number of non-ortho nitro benzene ring substituents is 1. The smallest absolute Gasteiger partial charge is 0.269 e. The number of rotatable bonds is 6. The maximum absolute atomic E-state index is 10.8. The number of hydrogen-bond donors (Lipinski definition) is 1. The first-order chi connectivity index (χ1) is 12.4. The van der Waals surface area contributed by atoms with E-state index in [0.717, 1.165) is 16.6 Å². The molecule has 1 heterocycles. The first-order valence-electron chi connectivity index (χ1n) is 8.05. The predicted octanol–water partition coefficient (Wildman–Crippen LogP) is 3.03. The van der Waals surface area contributed by atoms with Crippen molar-refractivity contribution < 1.29 is 14.4 Å². The van der Waals surface area contributed by atoms with Gasteiger partial charge in [0.05, 0.1) is 36.2 Å². The minimum atomic E-state index is -0.416. The lowest BCUT2D eigenvalue weighted by molar-refractivity contribution is -0.384. The van der Waals surface area contributed by atoms with E-state index in [2.05, 4.69) is 4.98 Å². The van der Waals surface area contributed by atoms with Crippen molar-refractivity contribution in [2.45, 2.75) is 19.5 Å². The van der Waals surface area contributed by atoms with Gasteiger partial charge in [-0.05, 0) is 12.5 Å². The summed E-state index contributed by atoms with van der Waals surface area (Å²) in [6.07, 6.45) is 0. The quantitative estimate of drug-likeness (QED) is 0.537. The number of nitro groups is 1. The van der Waals surface area contributed by atoms with Crippen LogP contribution < -0.4 is 15.2 Å². The zero-order chi connectivity index (χ0) is 18.8. The maximum atomic E-state index is 10.8. The van der Waals surface area contributed by atoms with Crippen molar-refractivity contribution in [3.63, 3.8) is 0 Å². The molecule has 1 atom stereocenters. The summed E-state index contributed by atoms with van der Waals surface area (Å²) in [6, 6.07) is 9.83. The van der Waals surface area contributed by atoms with Crippen LogP contribution in [0.15, 0.2) is 36.4 Å². The summed E-state index contributed by atoms with van der Waals surface area (Å²) in [6.45, 7) is 2.35. The summed E-state index contributed by atoms with van der Waals surface area (Å²) >= 11 is 0. The number of aromatic nitrogens is 2. The molecular formula is C18H20N4O4. The van der Waals surface area contributed by atoms with Gasteiger partial charge in [0.2, 0.25) is 0 Å². The lowest BCUT2D eigenvalue weighted by atomic mass is 10.2. The first kappa shape index (κ1) is 17.7. The van der Waals surface area contributed by atoms with Crippen LogP contribution in [0.1, 0.15) is 24.4 Å². The Morgan fingerprint density at radius 1 is 1.19 bits per heavy atom. The number of imidazole rings is 1. The summed E-state index contributed by atoms with van der Waals surface area (Å²) in [5.41, 5.74) is 8.67. The fourth-order valence-corrected chi connectivity index (χ4v) is 2.89. The number of methoxy groups -OCH3 is 2. The van der Waals surface area contributed by atoms with E-state index in [9.17, 15) is 10.1 Å². The number of benzene rings is 2. The van der Waals surface area contributed by atoms with Crippen molar-refractivity contribution in [1.29, 1.82) is 0 Å². The predicted molar refractivity (Wildman–Crippen MR) is 97.6 cm³/mol. The molecule has 1 unspecified atom stereocenters. The fourth-order valence-electron chi connectivity index (χ4n) is 2.89. The van der Waals surface area contributed by atoms with Gasteiger partial charge < -0.3 is 19.8 Å². The number of nitrogens with two attached hydrogens (primary N) is 1. The average Bonchev–Trinajstić information content (AvgIpc) is 2.98. The zero-order valence-corrected chi connectivity index (χ0v) is 14.8. The average molecular weight is 356 g/mol. The molecule has 136 valence electrons. The molecule has 2 aromatic carbocycles. The molecule has 0 aliphatic carbocycles. The van der Waals surface area contributed by atoms with Gasteiger partial charge >= 0.3 is 0 Å². The summed E-state index contributed by atoms with van der Waals surface area (Å²) in [5.74, 6) is 1.91.